The molecule has 1 aromatic rings. The lowest BCUT2D eigenvalue weighted by Crippen LogP contribution is -2.35. The van der Waals surface area contributed by atoms with Crippen molar-refractivity contribution in [3.8, 4) is 5.75 Å². The van der Waals surface area contributed by atoms with Crippen LogP contribution in [-0.4, -0.2) is 17.1 Å². The molecule has 0 aliphatic rings. The van der Waals surface area contributed by atoms with E-state index in [1.165, 1.54) is 10.8 Å². The first-order chi connectivity index (χ1) is 7.35. The molecular formula is C13H21OSi2. The molecule has 1 nitrogen and oxygen atoms in total. The zero-order valence-corrected chi connectivity index (χ0v) is 12.9. The van der Waals surface area contributed by atoms with E-state index >= 15 is 0 Å². The van der Waals surface area contributed by atoms with E-state index in [2.05, 4.69) is 57.5 Å². The molecule has 1 radical (unpaired) electrons. The van der Waals surface area contributed by atoms with E-state index in [0.717, 1.165) is 5.75 Å². The van der Waals surface area contributed by atoms with Crippen molar-refractivity contribution in [3.05, 3.63) is 30.3 Å². The molecule has 0 unspecified atom stereocenters. The SMILES string of the molecule is C=Cc1cccc(O[Si](C)(C)C)c1[Si](C)C. The summed E-state index contributed by atoms with van der Waals surface area (Å²) in [5.74, 6) is 1.08. The molecule has 0 atom stereocenters. The first-order valence-electron chi connectivity index (χ1n) is 5.60. The van der Waals surface area contributed by atoms with Gasteiger partial charge in [-0.05, 0) is 36.5 Å². The Morgan fingerprint density at radius 1 is 1.25 bits per heavy atom. The fraction of sp³-hybridized carbons (Fsp3) is 0.385. The van der Waals surface area contributed by atoms with E-state index in [9.17, 15) is 0 Å². The van der Waals surface area contributed by atoms with E-state index in [0.29, 0.717) is 0 Å². The van der Waals surface area contributed by atoms with Crippen LogP contribution in [0.3, 0.4) is 0 Å². The van der Waals surface area contributed by atoms with Crippen molar-refractivity contribution in [1.29, 1.82) is 0 Å². The van der Waals surface area contributed by atoms with E-state index in [1.807, 2.05) is 6.08 Å². The molecule has 0 N–H and O–H groups in total. The van der Waals surface area contributed by atoms with Gasteiger partial charge in [0, 0.05) is 0 Å². The van der Waals surface area contributed by atoms with Gasteiger partial charge in [-0.1, -0.05) is 37.9 Å². The van der Waals surface area contributed by atoms with Crippen molar-refractivity contribution in [2.24, 2.45) is 0 Å². The highest BCUT2D eigenvalue weighted by atomic mass is 28.4. The van der Waals surface area contributed by atoms with Crippen molar-refractivity contribution in [3.63, 3.8) is 0 Å². The molecular weight excluding hydrogens is 228 g/mol. The van der Waals surface area contributed by atoms with Gasteiger partial charge in [0.15, 0.2) is 0 Å². The second kappa shape index (κ2) is 5.02. The number of rotatable bonds is 4. The van der Waals surface area contributed by atoms with Crippen LogP contribution in [0, 0.1) is 0 Å². The van der Waals surface area contributed by atoms with Crippen molar-refractivity contribution >= 4 is 28.4 Å². The van der Waals surface area contributed by atoms with Crippen LogP contribution >= 0.6 is 0 Å². The quantitative estimate of drug-likeness (QED) is 0.742. The van der Waals surface area contributed by atoms with Gasteiger partial charge in [-0.15, -0.1) is 0 Å². The first-order valence-corrected chi connectivity index (χ1v) is 11.5. The molecule has 1 rings (SSSR count). The number of benzene rings is 1. The topological polar surface area (TPSA) is 9.23 Å². The van der Waals surface area contributed by atoms with Gasteiger partial charge in [0.1, 0.15) is 5.75 Å². The molecule has 3 heteroatoms. The Labute approximate surface area is 102 Å². The Hall–Kier alpha value is -0.806. The number of hydrogen-bond acceptors (Lipinski definition) is 1. The summed E-state index contributed by atoms with van der Waals surface area (Å²) in [6.07, 6.45) is 1.93. The average molecular weight is 249 g/mol. The van der Waals surface area contributed by atoms with E-state index in [1.54, 1.807) is 0 Å². The summed E-state index contributed by atoms with van der Waals surface area (Å²) in [5, 5.41) is 1.38. The summed E-state index contributed by atoms with van der Waals surface area (Å²) >= 11 is 0. The molecule has 0 bridgehead atoms. The predicted molar refractivity (Wildman–Crippen MR) is 77.6 cm³/mol. The molecule has 0 aliphatic carbocycles. The van der Waals surface area contributed by atoms with Crippen molar-refractivity contribution in [2.75, 3.05) is 0 Å². The third kappa shape index (κ3) is 3.35. The maximum absolute atomic E-state index is 6.15. The molecule has 0 spiro atoms. The molecule has 0 heterocycles. The lowest BCUT2D eigenvalue weighted by molar-refractivity contribution is 0.562. The van der Waals surface area contributed by atoms with E-state index < -0.39 is 17.1 Å². The summed E-state index contributed by atoms with van der Waals surface area (Å²) < 4.78 is 6.15. The Kier molecular flexibility index (Phi) is 4.16. The Balaban J connectivity index is 3.22. The lowest BCUT2D eigenvalue weighted by atomic mass is 10.2. The second-order valence-electron chi connectivity index (χ2n) is 5.14. The molecule has 87 valence electrons. The number of hydrogen-bond donors (Lipinski definition) is 0. The molecule has 0 saturated heterocycles. The average Bonchev–Trinajstić information content (AvgIpc) is 2.14. The molecule has 0 amide bonds. The third-order valence-corrected chi connectivity index (χ3v) is 4.56. The molecule has 0 aliphatic heterocycles. The molecule has 1 aromatic carbocycles. The molecule has 0 saturated carbocycles. The molecule has 16 heavy (non-hydrogen) atoms. The summed E-state index contributed by atoms with van der Waals surface area (Å²) in [7, 11) is -2.06. The fourth-order valence-electron chi connectivity index (χ4n) is 1.67. The Morgan fingerprint density at radius 3 is 2.31 bits per heavy atom. The maximum Gasteiger partial charge on any atom is 0.242 e. The van der Waals surface area contributed by atoms with Crippen LogP contribution in [0.15, 0.2) is 24.8 Å². The van der Waals surface area contributed by atoms with Gasteiger partial charge in [0.2, 0.25) is 8.32 Å². The van der Waals surface area contributed by atoms with Crippen molar-refractivity contribution < 1.29 is 4.43 Å². The van der Waals surface area contributed by atoms with Gasteiger partial charge in [-0.2, -0.15) is 0 Å². The largest absolute Gasteiger partial charge is 0.544 e. The Morgan fingerprint density at radius 2 is 1.88 bits per heavy atom. The van der Waals surface area contributed by atoms with Crippen molar-refractivity contribution in [1.82, 2.24) is 0 Å². The summed E-state index contributed by atoms with van der Waals surface area (Å²) in [5.41, 5.74) is 1.23. The third-order valence-electron chi connectivity index (χ3n) is 2.19. The minimum absolute atomic E-state index is 0.529. The Bertz CT molecular complexity index is 378. The zero-order chi connectivity index (χ0) is 12.3. The van der Waals surface area contributed by atoms with Crippen LogP contribution in [0.5, 0.6) is 5.75 Å². The van der Waals surface area contributed by atoms with Crippen LogP contribution in [0.4, 0.5) is 0 Å². The van der Waals surface area contributed by atoms with Gasteiger partial charge < -0.3 is 4.43 Å². The molecule has 0 aromatic heterocycles. The van der Waals surface area contributed by atoms with Gasteiger partial charge in [-0.25, -0.2) is 0 Å². The highest BCUT2D eigenvalue weighted by molar-refractivity contribution is 6.74. The van der Waals surface area contributed by atoms with Crippen LogP contribution in [0.1, 0.15) is 5.56 Å². The summed E-state index contributed by atoms with van der Waals surface area (Å²) in [6.45, 7) is 15.1. The monoisotopic (exact) mass is 249 g/mol. The predicted octanol–water partition coefficient (Wildman–Crippen LogP) is 3.50. The standard InChI is InChI=1S/C13H21OSi2/c1-7-11-9-8-10-12(13(11)15(2)3)14-16(4,5)6/h7-10H,1H2,2-6H3. The lowest BCUT2D eigenvalue weighted by Gasteiger charge is -2.24. The van der Waals surface area contributed by atoms with Crippen LogP contribution in [0.2, 0.25) is 32.7 Å². The van der Waals surface area contributed by atoms with Crippen LogP contribution in [0.25, 0.3) is 6.08 Å². The molecule has 0 fully saturated rings. The van der Waals surface area contributed by atoms with Gasteiger partial charge in [0.05, 0.1) is 8.80 Å². The van der Waals surface area contributed by atoms with Crippen LogP contribution < -0.4 is 9.61 Å². The fourth-order valence-corrected chi connectivity index (χ4v) is 3.99. The van der Waals surface area contributed by atoms with Crippen LogP contribution in [-0.2, 0) is 0 Å². The summed E-state index contributed by atoms with van der Waals surface area (Å²) in [6, 6.07) is 6.27. The summed E-state index contributed by atoms with van der Waals surface area (Å²) in [4.78, 5) is 0. The second-order valence-corrected chi connectivity index (χ2v) is 12.1. The minimum atomic E-state index is -1.53. The highest BCUT2D eigenvalue weighted by Crippen LogP contribution is 2.17. The van der Waals surface area contributed by atoms with Gasteiger partial charge in [0.25, 0.3) is 0 Å². The van der Waals surface area contributed by atoms with Gasteiger partial charge >= 0.3 is 0 Å². The zero-order valence-electron chi connectivity index (χ0n) is 10.9. The van der Waals surface area contributed by atoms with Gasteiger partial charge in [-0.3, -0.25) is 0 Å². The maximum atomic E-state index is 6.15. The van der Waals surface area contributed by atoms with E-state index in [-0.39, 0.29) is 0 Å². The van der Waals surface area contributed by atoms with Crippen molar-refractivity contribution in [2.45, 2.75) is 32.7 Å². The smallest absolute Gasteiger partial charge is 0.242 e. The first kappa shape index (κ1) is 13.3. The minimum Gasteiger partial charge on any atom is -0.544 e. The normalized spacial score (nSPS) is 11.6. The van der Waals surface area contributed by atoms with E-state index in [4.69, 9.17) is 4.43 Å². The highest BCUT2D eigenvalue weighted by Gasteiger charge is 2.20.